The molecule has 9 nitrogen and oxygen atoms in total. The Kier molecular flexibility index (Phi) is 8.40. The maximum Gasteiger partial charge on any atom is 0.412 e. The van der Waals surface area contributed by atoms with Crippen molar-refractivity contribution in [3.8, 4) is 0 Å². The number of methoxy groups -OCH3 is 1. The smallest absolute Gasteiger partial charge is 0.412 e. The second-order valence-electron chi connectivity index (χ2n) is 10.9. The standard InChI is InChI=1S/C28H38FN5O4/c1-19-30-24-18-33(27(36)37-5)16-12-25(24)34(19)22-9-13-32(14-10-22)15-11-23(20-7-6-8-21(29)17-20)31-26(35)38-28(2,3)4/h6-8,11,17,22H,9-10,12-16,18H2,1-5H3,(H,31,35)/b23-11-. The third-order valence-electron chi connectivity index (χ3n) is 6.91. The number of piperidine rings is 1. The molecule has 3 heterocycles. The number of imidazole rings is 1. The first kappa shape index (κ1) is 27.6. The molecule has 1 fully saturated rings. The van der Waals surface area contributed by atoms with E-state index in [1.54, 1.807) is 37.8 Å². The van der Waals surface area contributed by atoms with Crippen molar-refractivity contribution in [1.82, 2.24) is 24.7 Å². The molecule has 206 valence electrons. The Hall–Kier alpha value is -3.40. The van der Waals surface area contributed by atoms with Gasteiger partial charge in [-0.05, 0) is 58.7 Å². The number of hydrogen-bond donors (Lipinski definition) is 1. The van der Waals surface area contributed by atoms with Gasteiger partial charge in [-0.15, -0.1) is 0 Å². The first-order valence-electron chi connectivity index (χ1n) is 13.1. The highest BCUT2D eigenvalue weighted by molar-refractivity contribution is 5.82. The Morgan fingerprint density at radius 2 is 1.95 bits per heavy atom. The Morgan fingerprint density at radius 3 is 2.61 bits per heavy atom. The van der Waals surface area contributed by atoms with Gasteiger partial charge >= 0.3 is 12.2 Å². The number of ether oxygens (including phenoxy) is 2. The van der Waals surface area contributed by atoms with Crippen molar-refractivity contribution in [3.63, 3.8) is 0 Å². The fourth-order valence-corrected chi connectivity index (χ4v) is 5.20. The van der Waals surface area contributed by atoms with E-state index in [1.165, 1.54) is 24.9 Å². The number of aryl methyl sites for hydroxylation is 1. The van der Waals surface area contributed by atoms with Crippen molar-refractivity contribution in [2.24, 2.45) is 0 Å². The molecule has 1 saturated heterocycles. The normalized spacial score (nSPS) is 17.2. The number of halogens is 1. The van der Waals surface area contributed by atoms with Crippen molar-refractivity contribution in [3.05, 3.63) is 58.9 Å². The number of alkyl carbamates (subject to hydrolysis) is 1. The maximum atomic E-state index is 13.9. The molecule has 10 heteroatoms. The summed E-state index contributed by atoms with van der Waals surface area (Å²) in [6.45, 7) is 10.9. The van der Waals surface area contributed by atoms with E-state index in [-0.39, 0.29) is 11.9 Å². The highest BCUT2D eigenvalue weighted by Crippen LogP contribution is 2.30. The Morgan fingerprint density at radius 1 is 1.21 bits per heavy atom. The maximum absolute atomic E-state index is 13.9. The fourth-order valence-electron chi connectivity index (χ4n) is 5.20. The molecule has 2 aliphatic rings. The summed E-state index contributed by atoms with van der Waals surface area (Å²) in [7, 11) is 1.40. The number of carbonyl (C=O) groups excluding carboxylic acids is 2. The van der Waals surface area contributed by atoms with Gasteiger partial charge in [-0.1, -0.05) is 12.1 Å². The Bertz CT molecular complexity index is 1190. The lowest BCUT2D eigenvalue weighted by atomic mass is 10.0. The number of likely N-dealkylation sites (tertiary alicyclic amines) is 1. The molecule has 2 amide bonds. The minimum Gasteiger partial charge on any atom is -0.453 e. The van der Waals surface area contributed by atoms with Gasteiger partial charge in [0.2, 0.25) is 0 Å². The van der Waals surface area contributed by atoms with E-state index < -0.39 is 11.7 Å². The third-order valence-corrected chi connectivity index (χ3v) is 6.91. The van der Waals surface area contributed by atoms with Gasteiger partial charge in [0, 0.05) is 55.6 Å². The molecule has 4 rings (SSSR count). The number of hydrogen-bond acceptors (Lipinski definition) is 6. The molecule has 0 saturated carbocycles. The summed E-state index contributed by atoms with van der Waals surface area (Å²) in [4.78, 5) is 33.2. The lowest BCUT2D eigenvalue weighted by Crippen LogP contribution is -2.38. The molecular weight excluding hydrogens is 489 g/mol. The molecular formula is C28H38FN5O4. The van der Waals surface area contributed by atoms with E-state index in [9.17, 15) is 14.0 Å². The molecule has 0 radical (unpaired) electrons. The molecule has 2 aliphatic heterocycles. The number of fused-ring (bicyclic) bond motifs is 1. The number of rotatable bonds is 5. The highest BCUT2D eigenvalue weighted by Gasteiger charge is 2.30. The molecule has 1 aromatic carbocycles. The van der Waals surface area contributed by atoms with Crippen LogP contribution in [0, 0.1) is 12.7 Å². The third kappa shape index (κ3) is 6.72. The van der Waals surface area contributed by atoms with Crippen LogP contribution in [-0.4, -0.2) is 70.4 Å². The lowest BCUT2D eigenvalue weighted by Gasteiger charge is -2.34. The summed E-state index contributed by atoms with van der Waals surface area (Å²) in [6.07, 6.45) is 3.73. The van der Waals surface area contributed by atoms with Crippen LogP contribution in [0.15, 0.2) is 30.3 Å². The van der Waals surface area contributed by atoms with Crippen LogP contribution in [0.1, 0.15) is 62.4 Å². The zero-order valence-electron chi connectivity index (χ0n) is 22.9. The van der Waals surface area contributed by atoms with Gasteiger partial charge in [0.1, 0.15) is 17.2 Å². The van der Waals surface area contributed by atoms with Crippen molar-refractivity contribution in [2.75, 3.05) is 33.3 Å². The molecule has 2 aromatic rings. The summed E-state index contributed by atoms with van der Waals surface area (Å²) < 4.78 is 26.6. The van der Waals surface area contributed by atoms with Crippen LogP contribution >= 0.6 is 0 Å². The molecule has 0 aliphatic carbocycles. The SMILES string of the molecule is COC(=O)N1CCc2c(nc(C)n2C2CCN(C/C=C(\NC(=O)OC(C)(C)C)c3cccc(F)c3)CC2)C1. The van der Waals surface area contributed by atoms with Gasteiger partial charge in [-0.25, -0.2) is 19.0 Å². The second kappa shape index (κ2) is 11.6. The lowest BCUT2D eigenvalue weighted by molar-refractivity contribution is 0.0557. The number of carbonyl (C=O) groups is 2. The fraction of sp³-hybridized carbons (Fsp3) is 0.536. The largest absolute Gasteiger partial charge is 0.453 e. The van der Waals surface area contributed by atoms with Crippen LogP contribution in [-0.2, 0) is 22.4 Å². The second-order valence-corrected chi connectivity index (χ2v) is 10.9. The first-order chi connectivity index (χ1) is 18.0. The van der Waals surface area contributed by atoms with Crippen LogP contribution < -0.4 is 5.32 Å². The molecule has 38 heavy (non-hydrogen) atoms. The number of nitrogens with zero attached hydrogens (tertiary/aromatic N) is 4. The molecule has 0 atom stereocenters. The van der Waals surface area contributed by atoms with Gasteiger partial charge in [-0.2, -0.15) is 0 Å². The van der Waals surface area contributed by atoms with E-state index in [0.29, 0.717) is 36.9 Å². The molecule has 0 bridgehead atoms. The van der Waals surface area contributed by atoms with E-state index in [2.05, 4.69) is 14.8 Å². The van der Waals surface area contributed by atoms with Crippen molar-refractivity contribution in [1.29, 1.82) is 0 Å². The molecule has 1 N–H and O–H groups in total. The Balaban J connectivity index is 1.41. The van der Waals surface area contributed by atoms with E-state index >= 15 is 0 Å². The first-order valence-corrected chi connectivity index (χ1v) is 13.1. The molecule has 0 unspecified atom stereocenters. The summed E-state index contributed by atoms with van der Waals surface area (Å²) in [5.41, 5.74) is 2.65. The van der Waals surface area contributed by atoms with Gasteiger partial charge in [-0.3, -0.25) is 10.2 Å². The van der Waals surface area contributed by atoms with Crippen LogP contribution in [0.25, 0.3) is 5.70 Å². The minimum absolute atomic E-state index is 0.317. The average Bonchev–Trinajstić information content (AvgIpc) is 3.20. The van der Waals surface area contributed by atoms with E-state index in [1.807, 2.05) is 13.0 Å². The number of amides is 2. The average molecular weight is 528 g/mol. The van der Waals surface area contributed by atoms with Crippen molar-refractivity contribution < 1.29 is 23.5 Å². The van der Waals surface area contributed by atoms with Crippen LogP contribution in [0.5, 0.6) is 0 Å². The van der Waals surface area contributed by atoms with Crippen LogP contribution in [0.4, 0.5) is 14.0 Å². The summed E-state index contributed by atoms with van der Waals surface area (Å²) in [5, 5.41) is 2.80. The van der Waals surface area contributed by atoms with Gasteiger partial charge in [0.15, 0.2) is 0 Å². The topological polar surface area (TPSA) is 88.9 Å². The number of aromatic nitrogens is 2. The molecule has 0 spiro atoms. The predicted octanol–water partition coefficient (Wildman–Crippen LogP) is 4.66. The van der Waals surface area contributed by atoms with E-state index in [0.717, 1.165) is 43.9 Å². The van der Waals surface area contributed by atoms with Crippen LogP contribution in [0.3, 0.4) is 0 Å². The molecule has 1 aromatic heterocycles. The number of benzene rings is 1. The quantitative estimate of drug-likeness (QED) is 0.609. The van der Waals surface area contributed by atoms with Crippen LogP contribution in [0.2, 0.25) is 0 Å². The zero-order chi connectivity index (χ0) is 27.4. The van der Waals surface area contributed by atoms with Crippen molar-refractivity contribution >= 4 is 17.9 Å². The zero-order valence-corrected chi connectivity index (χ0v) is 22.9. The predicted molar refractivity (Wildman–Crippen MR) is 142 cm³/mol. The highest BCUT2D eigenvalue weighted by atomic mass is 19.1. The monoisotopic (exact) mass is 527 g/mol. The van der Waals surface area contributed by atoms with Gasteiger partial charge in [0.05, 0.1) is 19.3 Å². The number of nitrogens with one attached hydrogen (secondary N) is 1. The van der Waals surface area contributed by atoms with Gasteiger partial charge in [0.25, 0.3) is 0 Å². The van der Waals surface area contributed by atoms with Gasteiger partial charge < -0.3 is 18.9 Å². The van der Waals surface area contributed by atoms with E-state index in [4.69, 9.17) is 14.5 Å². The summed E-state index contributed by atoms with van der Waals surface area (Å²) in [6, 6.07) is 6.52. The summed E-state index contributed by atoms with van der Waals surface area (Å²) >= 11 is 0. The Labute approximate surface area is 223 Å². The van der Waals surface area contributed by atoms with Crippen molar-refractivity contribution in [2.45, 2.75) is 65.1 Å². The summed E-state index contributed by atoms with van der Waals surface area (Å²) in [5.74, 6) is 0.615. The minimum atomic E-state index is -0.638.